The van der Waals surface area contributed by atoms with Crippen molar-refractivity contribution in [3.63, 3.8) is 0 Å². The quantitative estimate of drug-likeness (QED) is 0.887. The predicted molar refractivity (Wildman–Crippen MR) is 85.1 cm³/mol. The van der Waals surface area contributed by atoms with Crippen molar-refractivity contribution in [2.45, 2.75) is 26.8 Å². The monoisotopic (exact) mass is 308 g/mol. The Morgan fingerprint density at radius 3 is 2.38 bits per heavy atom. The van der Waals surface area contributed by atoms with Gasteiger partial charge in [0.1, 0.15) is 11.5 Å². The molecule has 21 heavy (non-hydrogen) atoms. The maximum atomic E-state index is 11.3. The third-order valence-electron chi connectivity index (χ3n) is 3.09. The zero-order valence-electron chi connectivity index (χ0n) is 12.6. The highest BCUT2D eigenvalue weighted by molar-refractivity contribution is 7.92. The highest BCUT2D eigenvalue weighted by Gasteiger charge is 2.11. The third kappa shape index (κ3) is 4.26. The van der Waals surface area contributed by atoms with Crippen LogP contribution in [-0.4, -0.2) is 14.7 Å². The summed E-state index contributed by atoms with van der Waals surface area (Å²) in [6.45, 7) is 5.78. The first kappa shape index (κ1) is 15.4. The fourth-order valence-corrected chi connectivity index (χ4v) is 2.70. The van der Waals surface area contributed by atoms with Crippen LogP contribution in [0.25, 0.3) is 0 Å². The zero-order chi connectivity index (χ0) is 15.6. The number of rotatable bonds is 5. The van der Waals surface area contributed by atoms with Crippen molar-refractivity contribution < 1.29 is 12.8 Å². The van der Waals surface area contributed by atoms with E-state index in [2.05, 4.69) is 10.0 Å². The molecule has 0 aliphatic carbocycles. The largest absolute Gasteiger partial charge is 0.464 e. The summed E-state index contributed by atoms with van der Waals surface area (Å²) in [5.41, 5.74) is 2.35. The van der Waals surface area contributed by atoms with E-state index in [0.717, 1.165) is 29.0 Å². The van der Waals surface area contributed by atoms with Gasteiger partial charge in [0.25, 0.3) is 0 Å². The van der Waals surface area contributed by atoms with Gasteiger partial charge in [-0.15, -0.1) is 0 Å². The molecule has 6 heteroatoms. The first-order valence-electron chi connectivity index (χ1n) is 6.66. The van der Waals surface area contributed by atoms with Gasteiger partial charge in [-0.3, -0.25) is 4.72 Å². The number of furan rings is 1. The summed E-state index contributed by atoms with van der Waals surface area (Å²) in [5.74, 6) is 1.74. The lowest BCUT2D eigenvalue weighted by Crippen LogP contribution is -2.11. The highest BCUT2D eigenvalue weighted by atomic mass is 32.2. The van der Waals surface area contributed by atoms with Crippen molar-refractivity contribution >= 4 is 21.4 Å². The molecule has 2 N–H and O–H groups in total. The molecule has 0 bridgehead atoms. The lowest BCUT2D eigenvalue weighted by Gasteiger charge is -2.15. The Kier molecular flexibility index (Phi) is 4.27. The summed E-state index contributed by atoms with van der Waals surface area (Å²) in [5, 5.41) is 3.33. The normalized spacial score (nSPS) is 13.0. The van der Waals surface area contributed by atoms with Crippen LogP contribution in [0.3, 0.4) is 0 Å². The standard InChI is InChI=1S/C15H20N2O3S/c1-10-9-13(6-7-14(10)17-21(4,18)19)16-12(3)15-8-5-11(2)20-15/h5-9,12,16-17H,1-4H3. The van der Waals surface area contributed by atoms with Gasteiger partial charge >= 0.3 is 0 Å². The molecule has 2 aromatic rings. The summed E-state index contributed by atoms with van der Waals surface area (Å²) >= 11 is 0. The Balaban J connectivity index is 2.13. The summed E-state index contributed by atoms with van der Waals surface area (Å²) in [4.78, 5) is 0. The van der Waals surface area contributed by atoms with E-state index in [0.29, 0.717) is 5.69 Å². The van der Waals surface area contributed by atoms with Crippen molar-refractivity contribution in [3.05, 3.63) is 47.4 Å². The molecular weight excluding hydrogens is 288 g/mol. The average molecular weight is 308 g/mol. The second-order valence-corrected chi connectivity index (χ2v) is 6.97. The second kappa shape index (κ2) is 5.81. The van der Waals surface area contributed by atoms with Gasteiger partial charge in [-0.2, -0.15) is 0 Å². The molecule has 0 saturated carbocycles. The Morgan fingerprint density at radius 1 is 1.14 bits per heavy atom. The van der Waals surface area contributed by atoms with E-state index in [1.807, 2.05) is 45.0 Å². The maximum absolute atomic E-state index is 11.3. The van der Waals surface area contributed by atoms with Crippen LogP contribution in [0.4, 0.5) is 11.4 Å². The van der Waals surface area contributed by atoms with Crippen molar-refractivity contribution in [2.75, 3.05) is 16.3 Å². The molecule has 1 aromatic carbocycles. The first-order chi connectivity index (χ1) is 9.74. The highest BCUT2D eigenvalue weighted by Crippen LogP contribution is 2.25. The van der Waals surface area contributed by atoms with Crippen LogP contribution in [0.2, 0.25) is 0 Å². The lowest BCUT2D eigenvalue weighted by atomic mass is 10.1. The van der Waals surface area contributed by atoms with Gasteiger partial charge in [-0.1, -0.05) is 0 Å². The molecule has 114 valence electrons. The van der Waals surface area contributed by atoms with E-state index in [4.69, 9.17) is 4.42 Å². The van der Waals surface area contributed by atoms with Gasteiger partial charge in [-0.25, -0.2) is 8.42 Å². The number of hydrogen-bond acceptors (Lipinski definition) is 4. The fraction of sp³-hybridized carbons (Fsp3) is 0.333. The Labute approximate surface area is 125 Å². The minimum Gasteiger partial charge on any atom is -0.464 e. The molecule has 1 aromatic heterocycles. The van der Waals surface area contributed by atoms with E-state index in [9.17, 15) is 8.42 Å². The number of sulfonamides is 1. The number of anilines is 2. The van der Waals surface area contributed by atoms with Crippen molar-refractivity contribution in [2.24, 2.45) is 0 Å². The Hall–Kier alpha value is -1.95. The fourth-order valence-electron chi connectivity index (χ4n) is 2.07. The van der Waals surface area contributed by atoms with E-state index >= 15 is 0 Å². The van der Waals surface area contributed by atoms with Crippen LogP contribution in [0.1, 0.15) is 30.0 Å². The Bertz CT molecular complexity index is 735. The molecular formula is C15H20N2O3S. The maximum Gasteiger partial charge on any atom is 0.229 e. The topological polar surface area (TPSA) is 71.3 Å². The zero-order valence-corrected chi connectivity index (χ0v) is 13.4. The molecule has 0 radical (unpaired) electrons. The minimum atomic E-state index is -3.26. The van der Waals surface area contributed by atoms with E-state index < -0.39 is 10.0 Å². The number of benzene rings is 1. The SMILES string of the molecule is Cc1ccc(C(C)Nc2ccc(NS(C)(=O)=O)c(C)c2)o1. The molecule has 1 heterocycles. The molecule has 1 unspecified atom stereocenters. The van der Waals surface area contributed by atoms with E-state index in [1.54, 1.807) is 6.07 Å². The van der Waals surface area contributed by atoms with Gasteiger partial charge in [0.05, 0.1) is 18.0 Å². The van der Waals surface area contributed by atoms with Gasteiger partial charge in [0, 0.05) is 5.69 Å². The van der Waals surface area contributed by atoms with E-state index in [1.165, 1.54) is 0 Å². The molecule has 1 atom stereocenters. The molecule has 0 aliphatic heterocycles. The number of hydrogen-bond donors (Lipinski definition) is 2. The summed E-state index contributed by atoms with van der Waals surface area (Å²) in [7, 11) is -3.26. The Morgan fingerprint density at radius 2 is 1.86 bits per heavy atom. The van der Waals surface area contributed by atoms with Gasteiger partial charge in [0.15, 0.2) is 0 Å². The third-order valence-corrected chi connectivity index (χ3v) is 3.68. The number of aryl methyl sites for hydroxylation is 2. The molecule has 5 nitrogen and oxygen atoms in total. The summed E-state index contributed by atoms with van der Waals surface area (Å²) < 4.78 is 30.6. The smallest absolute Gasteiger partial charge is 0.229 e. The van der Waals surface area contributed by atoms with Gasteiger partial charge in [0.2, 0.25) is 10.0 Å². The minimum absolute atomic E-state index is 0.0341. The summed E-state index contributed by atoms with van der Waals surface area (Å²) in [6.07, 6.45) is 1.14. The lowest BCUT2D eigenvalue weighted by molar-refractivity contribution is 0.467. The number of nitrogens with one attached hydrogen (secondary N) is 2. The van der Waals surface area contributed by atoms with Crippen LogP contribution < -0.4 is 10.0 Å². The molecule has 0 amide bonds. The van der Waals surface area contributed by atoms with Crippen LogP contribution >= 0.6 is 0 Å². The average Bonchev–Trinajstić information content (AvgIpc) is 2.78. The van der Waals surface area contributed by atoms with Crippen LogP contribution in [0, 0.1) is 13.8 Å². The molecule has 0 aliphatic rings. The van der Waals surface area contributed by atoms with Crippen LogP contribution in [0.5, 0.6) is 0 Å². The van der Waals surface area contributed by atoms with Gasteiger partial charge in [-0.05, 0) is 56.7 Å². The van der Waals surface area contributed by atoms with E-state index in [-0.39, 0.29) is 6.04 Å². The molecule has 0 saturated heterocycles. The van der Waals surface area contributed by atoms with Crippen LogP contribution in [0.15, 0.2) is 34.7 Å². The second-order valence-electron chi connectivity index (χ2n) is 5.22. The molecule has 2 rings (SSSR count). The molecule has 0 spiro atoms. The van der Waals surface area contributed by atoms with Crippen molar-refractivity contribution in [3.8, 4) is 0 Å². The van der Waals surface area contributed by atoms with Gasteiger partial charge < -0.3 is 9.73 Å². The predicted octanol–water partition coefficient (Wildman–Crippen LogP) is 3.44. The van der Waals surface area contributed by atoms with Crippen molar-refractivity contribution in [1.82, 2.24) is 0 Å². The first-order valence-corrected chi connectivity index (χ1v) is 8.55. The van der Waals surface area contributed by atoms with Crippen molar-refractivity contribution in [1.29, 1.82) is 0 Å². The molecule has 0 fully saturated rings. The van der Waals surface area contributed by atoms with Crippen LogP contribution in [-0.2, 0) is 10.0 Å². The summed E-state index contributed by atoms with van der Waals surface area (Å²) in [6, 6.07) is 9.40.